The van der Waals surface area contributed by atoms with E-state index in [-0.39, 0.29) is 6.04 Å². The first-order chi connectivity index (χ1) is 8.72. The minimum atomic E-state index is 0.179. The Bertz CT molecular complexity index is 381. The highest BCUT2D eigenvalue weighted by Crippen LogP contribution is 2.30. The fourth-order valence-corrected chi connectivity index (χ4v) is 2.65. The van der Waals surface area contributed by atoms with E-state index in [4.69, 9.17) is 10.5 Å². The summed E-state index contributed by atoms with van der Waals surface area (Å²) < 4.78 is 5.10. The van der Waals surface area contributed by atoms with Gasteiger partial charge in [-0.3, -0.25) is 0 Å². The molecule has 0 aromatic heterocycles. The van der Waals surface area contributed by atoms with Gasteiger partial charge in [0.1, 0.15) is 0 Å². The van der Waals surface area contributed by atoms with Gasteiger partial charge in [-0.15, -0.1) is 0 Å². The number of hydrogen-bond acceptors (Lipinski definition) is 3. The van der Waals surface area contributed by atoms with E-state index in [9.17, 15) is 0 Å². The molecule has 0 aliphatic carbocycles. The van der Waals surface area contributed by atoms with Crippen molar-refractivity contribution in [3.05, 3.63) is 29.8 Å². The Kier molecular flexibility index (Phi) is 4.61. The topological polar surface area (TPSA) is 38.5 Å². The first-order valence-corrected chi connectivity index (χ1v) is 6.81. The molecule has 1 aromatic rings. The molecule has 0 fully saturated rings. The molecule has 2 N–H and O–H groups in total. The number of methoxy groups -OCH3 is 1. The quantitative estimate of drug-likeness (QED) is 0.868. The molecule has 0 bridgehead atoms. The van der Waals surface area contributed by atoms with E-state index >= 15 is 0 Å². The first kappa shape index (κ1) is 13.4. The van der Waals surface area contributed by atoms with Crippen LogP contribution in [-0.2, 0) is 11.2 Å². The van der Waals surface area contributed by atoms with Crippen molar-refractivity contribution >= 4 is 5.69 Å². The molecule has 2 rings (SSSR count). The number of fused-ring (bicyclic) bond motifs is 1. The molecule has 1 aliphatic rings. The van der Waals surface area contributed by atoms with Gasteiger partial charge in [0.25, 0.3) is 0 Å². The van der Waals surface area contributed by atoms with Gasteiger partial charge >= 0.3 is 0 Å². The average molecular weight is 248 g/mol. The number of aryl methyl sites for hydroxylation is 1. The van der Waals surface area contributed by atoms with Gasteiger partial charge in [-0.25, -0.2) is 0 Å². The van der Waals surface area contributed by atoms with Crippen LogP contribution in [0.25, 0.3) is 0 Å². The molecule has 2 unspecified atom stereocenters. The smallest absolute Gasteiger partial charge is 0.0477 e. The molecular formula is C15H24N2O. The highest BCUT2D eigenvalue weighted by molar-refractivity contribution is 5.56. The number of rotatable bonds is 5. The molecule has 2 atom stereocenters. The maximum atomic E-state index is 6.19. The van der Waals surface area contributed by atoms with Crippen LogP contribution in [0, 0.1) is 0 Å². The predicted molar refractivity (Wildman–Crippen MR) is 76.0 cm³/mol. The fourth-order valence-electron chi connectivity index (χ4n) is 2.65. The Balaban J connectivity index is 2.07. The van der Waals surface area contributed by atoms with Gasteiger partial charge in [0.05, 0.1) is 0 Å². The van der Waals surface area contributed by atoms with Crippen LogP contribution >= 0.6 is 0 Å². The number of anilines is 1. The molecule has 0 amide bonds. The summed E-state index contributed by atoms with van der Waals surface area (Å²) in [4.78, 5) is 2.46. The number of benzene rings is 1. The molecule has 1 aromatic carbocycles. The standard InChI is InChI=1S/C15H24N2O/c1-12-7-8-13-5-3-4-6-15(13)17(12)11-14(16)9-10-18-2/h3-6,12,14H,7-11,16H2,1-2H3. The van der Waals surface area contributed by atoms with Crippen LogP contribution in [0.1, 0.15) is 25.3 Å². The molecular weight excluding hydrogens is 224 g/mol. The number of nitrogens with zero attached hydrogens (tertiary/aromatic N) is 1. The third-order valence-electron chi connectivity index (χ3n) is 3.79. The number of para-hydroxylation sites is 1. The van der Waals surface area contributed by atoms with Gasteiger partial charge < -0.3 is 15.4 Å². The van der Waals surface area contributed by atoms with Crippen molar-refractivity contribution in [1.82, 2.24) is 0 Å². The van der Waals surface area contributed by atoms with Crippen LogP contribution in [0.3, 0.4) is 0 Å². The van der Waals surface area contributed by atoms with Crippen LogP contribution in [0.4, 0.5) is 5.69 Å². The van der Waals surface area contributed by atoms with E-state index in [0.29, 0.717) is 6.04 Å². The Morgan fingerprint density at radius 1 is 1.44 bits per heavy atom. The fraction of sp³-hybridized carbons (Fsp3) is 0.600. The third kappa shape index (κ3) is 3.03. The third-order valence-corrected chi connectivity index (χ3v) is 3.79. The van der Waals surface area contributed by atoms with Crippen LogP contribution in [0.5, 0.6) is 0 Å². The molecule has 3 nitrogen and oxygen atoms in total. The van der Waals surface area contributed by atoms with Crippen LogP contribution < -0.4 is 10.6 Å². The average Bonchev–Trinajstić information content (AvgIpc) is 2.40. The van der Waals surface area contributed by atoms with E-state index in [2.05, 4.69) is 36.1 Å². The number of hydrogen-bond donors (Lipinski definition) is 1. The Hall–Kier alpha value is -1.06. The molecule has 1 aliphatic heterocycles. The maximum Gasteiger partial charge on any atom is 0.0477 e. The van der Waals surface area contributed by atoms with Gasteiger partial charge in [0.2, 0.25) is 0 Å². The first-order valence-electron chi connectivity index (χ1n) is 6.81. The second-order valence-electron chi connectivity index (χ2n) is 5.21. The minimum Gasteiger partial charge on any atom is -0.385 e. The second-order valence-corrected chi connectivity index (χ2v) is 5.21. The summed E-state index contributed by atoms with van der Waals surface area (Å²) in [6.07, 6.45) is 3.32. The van der Waals surface area contributed by atoms with E-state index in [0.717, 1.165) is 19.6 Å². The molecule has 0 saturated heterocycles. The lowest BCUT2D eigenvalue weighted by Gasteiger charge is -2.38. The largest absolute Gasteiger partial charge is 0.385 e. The zero-order chi connectivity index (χ0) is 13.0. The Morgan fingerprint density at radius 3 is 3.00 bits per heavy atom. The van der Waals surface area contributed by atoms with Crippen molar-refractivity contribution < 1.29 is 4.74 Å². The Labute approximate surface area is 110 Å². The normalized spacial score (nSPS) is 20.6. The molecule has 100 valence electrons. The highest BCUT2D eigenvalue weighted by Gasteiger charge is 2.23. The van der Waals surface area contributed by atoms with Gasteiger partial charge in [0.15, 0.2) is 0 Å². The summed E-state index contributed by atoms with van der Waals surface area (Å²) in [5, 5.41) is 0. The lowest BCUT2D eigenvalue weighted by atomic mass is 9.96. The zero-order valence-corrected chi connectivity index (χ0v) is 11.4. The van der Waals surface area contributed by atoms with Crippen molar-refractivity contribution in [3.8, 4) is 0 Å². The van der Waals surface area contributed by atoms with Gasteiger partial charge in [-0.2, -0.15) is 0 Å². The van der Waals surface area contributed by atoms with Crippen molar-refractivity contribution in [3.63, 3.8) is 0 Å². The molecule has 18 heavy (non-hydrogen) atoms. The predicted octanol–water partition coefficient (Wildman–Crippen LogP) is 2.19. The summed E-state index contributed by atoms with van der Waals surface area (Å²) in [5.74, 6) is 0. The lowest BCUT2D eigenvalue weighted by Crippen LogP contribution is -2.45. The molecule has 0 radical (unpaired) electrons. The molecule has 0 saturated carbocycles. The highest BCUT2D eigenvalue weighted by atomic mass is 16.5. The van der Waals surface area contributed by atoms with Crippen LogP contribution in [0.15, 0.2) is 24.3 Å². The monoisotopic (exact) mass is 248 g/mol. The van der Waals surface area contributed by atoms with E-state index in [1.165, 1.54) is 24.1 Å². The van der Waals surface area contributed by atoms with Crippen LogP contribution in [0.2, 0.25) is 0 Å². The minimum absolute atomic E-state index is 0.179. The number of ether oxygens (including phenoxy) is 1. The summed E-state index contributed by atoms with van der Waals surface area (Å²) in [5.41, 5.74) is 9.01. The maximum absolute atomic E-state index is 6.19. The summed E-state index contributed by atoms with van der Waals surface area (Å²) >= 11 is 0. The van der Waals surface area contributed by atoms with Gasteiger partial charge in [-0.1, -0.05) is 18.2 Å². The van der Waals surface area contributed by atoms with Crippen molar-refractivity contribution in [2.45, 2.75) is 38.3 Å². The summed E-state index contributed by atoms with van der Waals surface area (Å²) in [6.45, 7) is 3.95. The van der Waals surface area contributed by atoms with Crippen molar-refractivity contribution in [2.24, 2.45) is 5.73 Å². The lowest BCUT2D eigenvalue weighted by molar-refractivity contribution is 0.188. The Morgan fingerprint density at radius 2 is 2.22 bits per heavy atom. The van der Waals surface area contributed by atoms with Gasteiger partial charge in [0, 0.05) is 38.0 Å². The van der Waals surface area contributed by atoms with Crippen molar-refractivity contribution in [1.29, 1.82) is 0 Å². The van der Waals surface area contributed by atoms with Crippen LogP contribution in [-0.4, -0.2) is 32.3 Å². The number of nitrogens with two attached hydrogens (primary N) is 1. The summed E-state index contributed by atoms with van der Waals surface area (Å²) in [7, 11) is 1.73. The second kappa shape index (κ2) is 6.21. The van der Waals surface area contributed by atoms with E-state index < -0.39 is 0 Å². The summed E-state index contributed by atoms with van der Waals surface area (Å²) in [6, 6.07) is 9.44. The van der Waals surface area contributed by atoms with Crippen molar-refractivity contribution in [2.75, 3.05) is 25.2 Å². The molecule has 1 heterocycles. The zero-order valence-electron chi connectivity index (χ0n) is 11.4. The van der Waals surface area contributed by atoms with Gasteiger partial charge in [-0.05, 0) is 37.8 Å². The molecule has 3 heteroatoms. The van der Waals surface area contributed by atoms with E-state index in [1.807, 2.05) is 0 Å². The SMILES string of the molecule is COCCC(N)CN1c2ccccc2CCC1C. The molecule has 0 spiro atoms. The van der Waals surface area contributed by atoms with E-state index in [1.54, 1.807) is 7.11 Å².